The van der Waals surface area contributed by atoms with Gasteiger partial charge < -0.3 is 16.8 Å². The highest BCUT2D eigenvalue weighted by Gasteiger charge is 2.40. The van der Waals surface area contributed by atoms with Crippen LogP contribution in [0, 0.1) is 23.2 Å². The maximum atomic E-state index is 12.3. The minimum atomic E-state index is -0.698. The van der Waals surface area contributed by atoms with Crippen LogP contribution in [0.1, 0.15) is 46.0 Å². The summed E-state index contributed by atoms with van der Waals surface area (Å²) in [7, 11) is 0. The highest BCUT2D eigenvalue weighted by molar-refractivity contribution is 5.85. The van der Waals surface area contributed by atoms with Crippen molar-refractivity contribution in [2.75, 3.05) is 6.54 Å². The highest BCUT2D eigenvalue weighted by atomic mass is 35.5. The number of carbonyl (C=O) groups excluding carboxylic acids is 2. The predicted octanol–water partition coefficient (Wildman–Crippen LogP) is 1.19. The van der Waals surface area contributed by atoms with Crippen LogP contribution in [0.2, 0.25) is 0 Å². The van der Waals surface area contributed by atoms with Gasteiger partial charge in [0.05, 0.1) is 5.41 Å². The lowest BCUT2D eigenvalue weighted by Gasteiger charge is -2.43. The molecular weight excluding hydrogens is 290 g/mol. The quantitative estimate of drug-likeness (QED) is 0.726. The van der Waals surface area contributed by atoms with Crippen molar-refractivity contribution in [3.63, 3.8) is 0 Å². The van der Waals surface area contributed by atoms with Crippen molar-refractivity contribution in [1.29, 1.82) is 0 Å². The number of primary amides is 1. The molecule has 2 rings (SSSR count). The van der Waals surface area contributed by atoms with E-state index in [1.165, 1.54) is 6.42 Å². The summed E-state index contributed by atoms with van der Waals surface area (Å²) in [4.78, 5) is 23.6. The van der Waals surface area contributed by atoms with Gasteiger partial charge >= 0.3 is 0 Å². The monoisotopic (exact) mass is 317 g/mol. The molecule has 0 saturated heterocycles. The number of fused-ring (bicyclic) bond motifs is 2. The number of amides is 2. The molecule has 0 radical (unpaired) electrons. The number of hydrogen-bond donors (Lipinski definition) is 3. The number of rotatable bonds is 4. The lowest BCUT2D eigenvalue weighted by atomic mass is 9.65. The fourth-order valence-corrected chi connectivity index (χ4v) is 3.54. The smallest absolute Gasteiger partial charge is 0.224 e. The Morgan fingerprint density at radius 1 is 1.19 bits per heavy atom. The molecule has 122 valence electrons. The van der Waals surface area contributed by atoms with E-state index in [-0.39, 0.29) is 36.2 Å². The van der Waals surface area contributed by atoms with Crippen molar-refractivity contribution >= 4 is 24.2 Å². The first-order valence-electron chi connectivity index (χ1n) is 7.64. The van der Waals surface area contributed by atoms with E-state index in [1.807, 2.05) is 0 Å². The summed E-state index contributed by atoms with van der Waals surface area (Å²) >= 11 is 0. The molecule has 5 nitrogen and oxygen atoms in total. The third-order valence-electron chi connectivity index (χ3n) is 5.16. The molecule has 0 heterocycles. The lowest BCUT2D eigenvalue weighted by Crippen LogP contribution is -2.50. The molecule has 2 atom stereocenters. The zero-order chi connectivity index (χ0) is 14.9. The van der Waals surface area contributed by atoms with Crippen LogP contribution in [-0.4, -0.2) is 24.4 Å². The molecule has 0 spiro atoms. The first-order valence-corrected chi connectivity index (χ1v) is 7.64. The Bertz CT molecular complexity index is 386. The van der Waals surface area contributed by atoms with E-state index in [4.69, 9.17) is 11.5 Å². The minimum Gasteiger partial charge on any atom is -0.369 e. The van der Waals surface area contributed by atoms with Gasteiger partial charge in [-0.15, -0.1) is 12.4 Å². The molecule has 0 aromatic carbocycles. The van der Waals surface area contributed by atoms with E-state index in [1.54, 1.807) is 13.8 Å². The summed E-state index contributed by atoms with van der Waals surface area (Å²) in [5, 5.41) is 2.90. The Labute approximate surface area is 133 Å². The van der Waals surface area contributed by atoms with Crippen molar-refractivity contribution in [3.8, 4) is 0 Å². The van der Waals surface area contributed by atoms with Gasteiger partial charge in [0.1, 0.15) is 0 Å². The second kappa shape index (κ2) is 6.97. The molecule has 2 amide bonds. The molecule has 2 fully saturated rings. The molecule has 0 aromatic rings. The van der Waals surface area contributed by atoms with Gasteiger partial charge in [0.15, 0.2) is 0 Å². The van der Waals surface area contributed by atoms with Crippen LogP contribution in [0.5, 0.6) is 0 Å². The summed E-state index contributed by atoms with van der Waals surface area (Å²) in [6.07, 6.45) is 5.32. The van der Waals surface area contributed by atoms with E-state index in [0.717, 1.165) is 25.7 Å². The largest absolute Gasteiger partial charge is 0.369 e. The Morgan fingerprint density at radius 3 is 2.19 bits per heavy atom. The van der Waals surface area contributed by atoms with E-state index < -0.39 is 5.41 Å². The second-order valence-electron chi connectivity index (χ2n) is 7.16. The molecule has 6 heteroatoms. The number of nitrogens with two attached hydrogens (primary N) is 2. The van der Waals surface area contributed by atoms with E-state index in [9.17, 15) is 9.59 Å². The van der Waals surface area contributed by atoms with Gasteiger partial charge in [-0.05, 0) is 51.4 Å². The maximum absolute atomic E-state index is 12.3. The molecule has 2 saturated carbocycles. The summed E-state index contributed by atoms with van der Waals surface area (Å²) in [5.41, 5.74) is 10.9. The Kier molecular flexibility index (Phi) is 6.05. The Morgan fingerprint density at radius 2 is 1.71 bits per heavy atom. The Balaban J connectivity index is 0.00000220. The maximum Gasteiger partial charge on any atom is 0.224 e. The summed E-state index contributed by atoms with van der Waals surface area (Å²) in [5.74, 6) is 0.696. The van der Waals surface area contributed by atoms with Gasteiger partial charge in [-0.2, -0.15) is 0 Å². The predicted molar refractivity (Wildman–Crippen MR) is 84.8 cm³/mol. The van der Waals surface area contributed by atoms with Crippen molar-refractivity contribution in [2.45, 2.75) is 52.0 Å². The second-order valence-corrected chi connectivity index (χ2v) is 7.16. The third-order valence-corrected chi connectivity index (χ3v) is 5.16. The van der Waals surface area contributed by atoms with E-state index in [0.29, 0.717) is 18.4 Å². The van der Waals surface area contributed by atoms with Gasteiger partial charge in [0.2, 0.25) is 11.8 Å². The van der Waals surface area contributed by atoms with Crippen molar-refractivity contribution in [2.24, 2.45) is 34.6 Å². The minimum absolute atomic E-state index is 0. The zero-order valence-corrected chi connectivity index (χ0v) is 13.7. The normalized spacial score (nSPS) is 32.0. The van der Waals surface area contributed by atoms with Crippen molar-refractivity contribution in [3.05, 3.63) is 0 Å². The fourth-order valence-electron chi connectivity index (χ4n) is 3.54. The number of nitrogens with one attached hydrogen (secondary N) is 1. The molecule has 5 N–H and O–H groups in total. The van der Waals surface area contributed by atoms with Crippen LogP contribution in [0.3, 0.4) is 0 Å². The molecule has 2 aliphatic carbocycles. The number of hydrogen-bond acceptors (Lipinski definition) is 3. The van der Waals surface area contributed by atoms with Gasteiger partial charge in [-0.1, -0.05) is 6.42 Å². The van der Waals surface area contributed by atoms with Crippen LogP contribution >= 0.6 is 12.4 Å². The van der Waals surface area contributed by atoms with Crippen LogP contribution in [0.4, 0.5) is 0 Å². The average Bonchev–Trinajstić information content (AvgIpc) is 2.35. The summed E-state index contributed by atoms with van der Waals surface area (Å²) in [6, 6.07) is 0.273. The van der Waals surface area contributed by atoms with Crippen LogP contribution in [0.25, 0.3) is 0 Å². The molecule has 0 aromatic heterocycles. The van der Waals surface area contributed by atoms with Crippen LogP contribution in [-0.2, 0) is 9.59 Å². The van der Waals surface area contributed by atoms with Gasteiger partial charge in [-0.3, -0.25) is 9.59 Å². The lowest BCUT2D eigenvalue weighted by molar-refractivity contribution is -0.130. The molecule has 2 bridgehead atoms. The van der Waals surface area contributed by atoms with Crippen LogP contribution < -0.4 is 16.8 Å². The molecular formula is C15H28ClN3O2. The summed E-state index contributed by atoms with van der Waals surface area (Å²) < 4.78 is 0. The first kappa shape index (κ1) is 18.2. The summed E-state index contributed by atoms with van der Waals surface area (Å²) in [6.45, 7) is 3.81. The number of carbonyl (C=O) groups is 2. The third kappa shape index (κ3) is 4.10. The van der Waals surface area contributed by atoms with Crippen molar-refractivity contribution < 1.29 is 9.59 Å². The number of halogens is 1. The topological polar surface area (TPSA) is 98.2 Å². The van der Waals surface area contributed by atoms with Crippen LogP contribution in [0.15, 0.2) is 0 Å². The molecule has 0 aliphatic heterocycles. The fraction of sp³-hybridized carbons (Fsp3) is 0.867. The SMILES string of the molecule is CC(C)(CNC(=O)C1CC2CCCC(C1)C2N)C(N)=O.Cl. The highest BCUT2D eigenvalue weighted by Crippen LogP contribution is 2.41. The first-order chi connectivity index (χ1) is 9.31. The van der Waals surface area contributed by atoms with Gasteiger partial charge in [0, 0.05) is 18.5 Å². The Hall–Kier alpha value is -0.810. The molecule has 2 aliphatic rings. The van der Waals surface area contributed by atoms with Gasteiger partial charge in [-0.25, -0.2) is 0 Å². The molecule has 21 heavy (non-hydrogen) atoms. The zero-order valence-electron chi connectivity index (χ0n) is 12.9. The van der Waals surface area contributed by atoms with Gasteiger partial charge in [0.25, 0.3) is 0 Å². The molecule has 2 unspecified atom stereocenters. The van der Waals surface area contributed by atoms with Crippen molar-refractivity contribution in [1.82, 2.24) is 5.32 Å². The van der Waals surface area contributed by atoms with E-state index in [2.05, 4.69) is 5.32 Å². The standard InChI is InChI=1S/C15H27N3O2.ClH/c1-15(2,14(17)20)8-18-13(19)11-6-9-4-3-5-10(7-11)12(9)16;/h9-12H,3-8,16H2,1-2H3,(H2,17,20)(H,18,19);1H. The van der Waals surface area contributed by atoms with E-state index >= 15 is 0 Å². The average molecular weight is 318 g/mol.